The zero-order valence-corrected chi connectivity index (χ0v) is 12.1. The summed E-state index contributed by atoms with van der Waals surface area (Å²) >= 11 is 0. The fourth-order valence-corrected chi connectivity index (χ4v) is 2.07. The Labute approximate surface area is 118 Å². The van der Waals surface area contributed by atoms with E-state index in [1.165, 1.54) is 0 Å². The normalized spacial score (nSPS) is 11.8. The van der Waals surface area contributed by atoms with Crippen LogP contribution in [0.25, 0.3) is 0 Å². The van der Waals surface area contributed by atoms with Crippen molar-refractivity contribution in [3.8, 4) is 17.2 Å². The fraction of sp³-hybridized carbons (Fsp3) is 0.500. The molecule has 0 aliphatic heterocycles. The van der Waals surface area contributed by atoms with Crippen molar-refractivity contribution in [1.82, 2.24) is 0 Å². The minimum absolute atomic E-state index is 0.0206. The molecule has 0 bridgehead atoms. The number of carbonyl (C=O) groups excluding carboxylic acids is 1. The maximum Gasteiger partial charge on any atom is 0.135 e. The number of rotatable bonds is 8. The molecule has 0 saturated carbocycles. The molecule has 112 valence electrons. The van der Waals surface area contributed by atoms with Crippen LogP contribution in [0.5, 0.6) is 17.2 Å². The average molecular weight is 283 g/mol. The molecule has 6 nitrogen and oxygen atoms in total. The SMILES string of the molecule is COc1cc(OC)c([C@@H]([NH3+])CCCC(=O)[O-])c(OC)c1. The van der Waals surface area contributed by atoms with E-state index in [9.17, 15) is 9.90 Å². The first-order valence-corrected chi connectivity index (χ1v) is 6.36. The second kappa shape index (κ2) is 7.59. The molecule has 0 saturated heterocycles. The molecule has 0 fully saturated rings. The van der Waals surface area contributed by atoms with Crippen LogP contribution in [-0.2, 0) is 4.79 Å². The molecule has 1 rings (SSSR count). The smallest absolute Gasteiger partial charge is 0.135 e. The van der Waals surface area contributed by atoms with E-state index in [-0.39, 0.29) is 12.5 Å². The predicted octanol–water partition coefficient (Wildman–Crippen LogP) is -0.0844. The van der Waals surface area contributed by atoms with Gasteiger partial charge in [0.25, 0.3) is 0 Å². The molecule has 0 unspecified atom stereocenters. The van der Waals surface area contributed by atoms with Gasteiger partial charge in [0.15, 0.2) is 0 Å². The van der Waals surface area contributed by atoms with Crippen LogP contribution in [0.2, 0.25) is 0 Å². The number of ether oxygens (including phenoxy) is 3. The number of hydrogen-bond acceptors (Lipinski definition) is 5. The Morgan fingerprint density at radius 3 is 2.15 bits per heavy atom. The van der Waals surface area contributed by atoms with E-state index in [0.29, 0.717) is 30.1 Å². The molecule has 1 aromatic carbocycles. The number of aliphatic carboxylic acids is 1. The summed E-state index contributed by atoms with van der Waals surface area (Å²) in [6, 6.07) is 3.38. The van der Waals surface area contributed by atoms with Crippen LogP contribution in [0, 0.1) is 0 Å². The van der Waals surface area contributed by atoms with Gasteiger partial charge in [0.05, 0.1) is 26.9 Å². The summed E-state index contributed by atoms with van der Waals surface area (Å²) in [4.78, 5) is 10.4. The Balaban J connectivity index is 2.98. The van der Waals surface area contributed by atoms with Gasteiger partial charge in [0.1, 0.15) is 23.3 Å². The van der Waals surface area contributed by atoms with Crippen LogP contribution in [0.1, 0.15) is 30.9 Å². The summed E-state index contributed by atoms with van der Waals surface area (Å²) in [7, 11) is 4.69. The van der Waals surface area contributed by atoms with Gasteiger partial charge in [-0.25, -0.2) is 0 Å². The van der Waals surface area contributed by atoms with Crippen molar-refractivity contribution in [3.63, 3.8) is 0 Å². The third kappa shape index (κ3) is 4.03. The molecule has 1 aromatic rings. The first-order valence-electron chi connectivity index (χ1n) is 6.36. The van der Waals surface area contributed by atoms with Crippen LogP contribution >= 0.6 is 0 Å². The molecule has 0 spiro atoms. The van der Waals surface area contributed by atoms with E-state index in [1.807, 2.05) is 0 Å². The van der Waals surface area contributed by atoms with E-state index >= 15 is 0 Å². The van der Waals surface area contributed by atoms with Crippen molar-refractivity contribution in [2.45, 2.75) is 25.3 Å². The number of methoxy groups -OCH3 is 3. The van der Waals surface area contributed by atoms with Crippen LogP contribution in [-0.4, -0.2) is 27.3 Å². The topological polar surface area (TPSA) is 95.5 Å². The van der Waals surface area contributed by atoms with Crippen LogP contribution in [0.3, 0.4) is 0 Å². The van der Waals surface area contributed by atoms with Gasteiger partial charge in [0, 0.05) is 24.5 Å². The molecule has 0 amide bonds. The zero-order chi connectivity index (χ0) is 15.1. The Bertz CT molecular complexity index is 436. The Hall–Kier alpha value is -1.95. The van der Waals surface area contributed by atoms with Crippen molar-refractivity contribution in [1.29, 1.82) is 0 Å². The monoisotopic (exact) mass is 283 g/mol. The van der Waals surface area contributed by atoms with Gasteiger partial charge >= 0.3 is 0 Å². The largest absolute Gasteiger partial charge is 0.550 e. The Morgan fingerprint density at radius 1 is 1.20 bits per heavy atom. The molecule has 0 aliphatic carbocycles. The first kappa shape index (κ1) is 16.1. The molecule has 20 heavy (non-hydrogen) atoms. The number of carboxylic acid groups (broad SMARTS) is 1. The minimum Gasteiger partial charge on any atom is -0.550 e. The fourth-order valence-electron chi connectivity index (χ4n) is 2.07. The van der Waals surface area contributed by atoms with Crippen molar-refractivity contribution >= 4 is 5.97 Å². The average Bonchev–Trinajstić information content (AvgIpc) is 2.44. The van der Waals surface area contributed by atoms with Gasteiger partial charge < -0.3 is 29.8 Å². The molecule has 0 aliphatic rings. The Morgan fingerprint density at radius 2 is 1.75 bits per heavy atom. The first-order chi connectivity index (χ1) is 9.53. The third-order valence-electron chi connectivity index (χ3n) is 3.09. The van der Waals surface area contributed by atoms with Crippen molar-refractivity contribution in [3.05, 3.63) is 17.7 Å². The lowest BCUT2D eigenvalue weighted by molar-refractivity contribution is -0.428. The van der Waals surface area contributed by atoms with E-state index in [2.05, 4.69) is 5.73 Å². The van der Waals surface area contributed by atoms with Gasteiger partial charge in [-0.05, 0) is 12.8 Å². The van der Waals surface area contributed by atoms with E-state index in [0.717, 1.165) is 5.56 Å². The molecule has 0 heterocycles. The van der Waals surface area contributed by atoms with Crippen molar-refractivity contribution in [2.75, 3.05) is 21.3 Å². The molecule has 0 aromatic heterocycles. The van der Waals surface area contributed by atoms with Gasteiger partial charge in [0.2, 0.25) is 0 Å². The van der Waals surface area contributed by atoms with E-state index in [1.54, 1.807) is 33.5 Å². The molecule has 3 N–H and O–H groups in total. The number of quaternary nitrogens is 1. The molecule has 0 radical (unpaired) electrons. The molecular weight excluding hydrogens is 262 g/mol. The minimum atomic E-state index is -1.05. The zero-order valence-electron chi connectivity index (χ0n) is 12.1. The van der Waals surface area contributed by atoms with Crippen LogP contribution in [0.15, 0.2) is 12.1 Å². The molecule has 1 atom stereocenters. The lowest BCUT2D eigenvalue weighted by Gasteiger charge is -2.18. The second-order valence-electron chi connectivity index (χ2n) is 4.41. The number of hydrogen-bond donors (Lipinski definition) is 1. The lowest BCUT2D eigenvalue weighted by Crippen LogP contribution is -2.53. The maximum absolute atomic E-state index is 10.4. The van der Waals surface area contributed by atoms with Crippen molar-refractivity contribution in [2.24, 2.45) is 0 Å². The van der Waals surface area contributed by atoms with Crippen molar-refractivity contribution < 1.29 is 29.8 Å². The van der Waals surface area contributed by atoms with E-state index in [4.69, 9.17) is 14.2 Å². The van der Waals surface area contributed by atoms with Gasteiger partial charge in [-0.3, -0.25) is 0 Å². The van der Waals surface area contributed by atoms with Crippen LogP contribution < -0.4 is 25.1 Å². The van der Waals surface area contributed by atoms with Crippen LogP contribution in [0.4, 0.5) is 0 Å². The highest BCUT2D eigenvalue weighted by Crippen LogP contribution is 2.38. The standard InChI is InChI=1S/C14H21NO5/c1-18-9-7-11(19-2)14(12(8-9)20-3)10(15)5-4-6-13(16)17/h7-8,10H,4-6,15H2,1-3H3,(H,16,17)/t10-/m0/s1. The van der Waals surface area contributed by atoms with Gasteiger partial charge in [-0.2, -0.15) is 0 Å². The lowest BCUT2D eigenvalue weighted by atomic mass is 9.99. The van der Waals surface area contributed by atoms with Gasteiger partial charge in [-0.1, -0.05) is 0 Å². The maximum atomic E-state index is 10.4. The Kier molecular flexibility index (Phi) is 6.11. The summed E-state index contributed by atoms with van der Waals surface area (Å²) in [5.74, 6) is 0.819. The molecular formula is C14H21NO5. The summed E-state index contributed by atoms with van der Waals surface area (Å²) in [5.41, 5.74) is 4.88. The summed E-state index contributed by atoms with van der Waals surface area (Å²) in [6.45, 7) is 0. The number of carboxylic acids is 1. The number of benzene rings is 1. The summed E-state index contributed by atoms with van der Waals surface area (Å²) in [5, 5.41) is 10.4. The number of carbonyl (C=O) groups is 1. The highest BCUT2D eigenvalue weighted by atomic mass is 16.5. The predicted molar refractivity (Wildman–Crippen MR) is 70.6 cm³/mol. The van der Waals surface area contributed by atoms with Gasteiger partial charge in [-0.15, -0.1) is 0 Å². The summed E-state index contributed by atoms with van der Waals surface area (Å²) < 4.78 is 15.9. The highest BCUT2D eigenvalue weighted by molar-refractivity contribution is 5.64. The highest BCUT2D eigenvalue weighted by Gasteiger charge is 2.22. The van der Waals surface area contributed by atoms with E-state index < -0.39 is 5.97 Å². The third-order valence-corrected chi connectivity index (χ3v) is 3.09. The quantitative estimate of drug-likeness (QED) is 0.719. The second-order valence-corrected chi connectivity index (χ2v) is 4.41. The summed E-state index contributed by atoms with van der Waals surface area (Å²) in [6.07, 6.45) is 1.12. The molecule has 6 heteroatoms.